The van der Waals surface area contributed by atoms with Gasteiger partial charge < -0.3 is 37.3 Å². The van der Waals surface area contributed by atoms with Crippen LogP contribution in [0.1, 0.15) is 12.6 Å². The molecule has 9 N–H and O–H groups in total. The van der Waals surface area contributed by atoms with E-state index in [0.717, 1.165) is 12.1 Å². The van der Waals surface area contributed by atoms with Gasteiger partial charge in [-0.25, -0.2) is 8.42 Å². The van der Waals surface area contributed by atoms with Crippen LogP contribution >= 0.6 is 0 Å². The van der Waals surface area contributed by atoms with Crippen molar-refractivity contribution in [2.45, 2.75) is 9.79 Å². The number of nitrogen functional groups attached to an aromatic ring is 2. The Morgan fingerprint density at radius 1 is 0.547 bits per heavy atom. The summed E-state index contributed by atoms with van der Waals surface area (Å²) in [6.45, 7) is 0. The number of hydrogen-bond acceptors (Lipinski definition) is 17. The molecule has 0 amide bonds. The Hall–Kier alpha value is -5.10. The first-order valence-electron chi connectivity index (χ1n) is 14.9. The maximum absolute atomic E-state index is 12.4. The Bertz CT molecular complexity index is 2350. The zero-order valence-corrected chi connectivity index (χ0v) is 28.2. The Labute approximate surface area is 347 Å². The molecule has 53 heavy (non-hydrogen) atoms. The van der Waals surface area contributed by atoms with Crippen LogP contribution in [0, 0.1) is 0 Å². The van der Waals surface area contributed by atoms with E-state index < -0.39 is 30.0 Å². The number of anilines is 10. The average molecular weight is 781 g/mol. The van der Waals surface area contributed by atoms with Gasteiger partial charge >= 0.3 is 52.8 Å². The quantitative estimate of drug-likeness (QED) is 0.0525. The van der Waals surface area contributed by atoms with E-state index >= 15 is 0 Å². The van der Waals surface area contributed by atoms with Crippen LogP contribution in [0.5, 0.6) is 0 Å². The second-order valence-corrected chi connectivity index (χ2v) is 13.4. The molecule has 0 aliphatic heterocycles. The Morgan fingerprint density at radius 2 is 0.906 bits per heavy atom. The van der Waals surface area contributed by atoms with E-state index in [-0.39, 0.29) is 111 Å². The molecule has 4 aromatic carbocycles. The standard InChI is InChI=1S/C32H28N12O6S2.K.H/c33-27-39-29(35-21-7-3-1-4-8-21)43-31(41-27)37-23-15-13-19(25(17-23)51(45,46)47)11-12-20-14-16-24(18-26(20)52(48,49)50)38-32-42-28(34)40-30(44-32)36-22-9-5-2-6-10-22;;/h1-18H,(H,45,46,47)(H,48,49,50)(H4,33,35,37,39,41,43)(H4,34,36,38,40,42,44);;. The molecule has 2 aromatic heterocycles. The molecule has 0 radical (unpaired) electrons. The SMILES string of the molecule is Nc1nc(Nc2ccccc2)nc(Nc2ccc(C=Cc3ccc(Nc4nc(N)nc(Nc5ccccc5)n4)cc3S(=O)(=O)O)c(S(=O)(=O)[O-])c2)n1.[H+].[KH]. The van der Waals surface area contributed by atoms with Gasteiger partial charge in [0.15, 0.2) is 0 Å². The summed E-state index contributed by atoms with van der Waals surface area (Å²) in [7, 11) is -9.88. The van der Waals surface area contributed by atoms with Gasteiger partial charge in [-0.3, -0.25) is 4.55 Å². The summed E-state index contributed by atoms with van der Waals surface area (Å²) in [4.78, 5) is 23.4. The summed E-state index contributed by atoms with van der Waals surface area (Å²) in [6, 6.07) is 25.7. The molecule has 266 valence electrons. The van der Waals surface area contributed by atoms with Crippen LogP contribution in [-0.4, -0.2) is 107 Å². The summed E-state index contributed by atoms with van der Waals surface area (Å²) >= 11 is 0. The number of nitrogens with one attached hydrogen (secondary N) is 4. The summed E-state index contributed by atoms with van der Waals surface area (Å²) in [5.74, 6) is -0.112. The second-order valence-electron chi connectivity index (χ2n) is 10.7. The van der Waals surface area contributed by atoms with Crippen LogP contribution in [0.15, 0.2) is 107 Å². The van der Waals surface area contributed by atoms with Crippen molar-refractivity contribution in [2.75, 3.05) is 32.7 Å². The summed E-state index contributed by atoms with van der Waals surface area (Å²) in [6.07, 6.45) is 2.43. The van der Waals surface area contributed by atoms with Gasteiger partial charge in [-0.2, -0.15) is 38.3 Å². The van der Waals surface area contributed by atoms with Crippen LogP contribution in [0.25, 0.3) is 12.2 Å². The zero-order chi connectivity index (χ0) is 36.9. The first-order valence-corrected chi connectivity index (χ1v) is 17.7. The van der Waals surface area contributed by atoms with Crippen LogP contribution in [-0.2, 0) is 20.2 Å². The number of nitrogens with zero attached hydrogens (tertiary/aromatic N) is 6. The molecule has 0 spiro atoms. The zero-order valence-electron chi connectivity index (χ0n) is 27.5. The third-order valence-corrected chi connectivity index (χ3v) is 8.70. The van der Waals surface area contributed by atoms with Crippen molar-refractivity contribution < 1.29 is 27.4 Å². The van der Waals surface area contributed by atoms with E-state index in [2.05, 4.69) is 51.2 Å². The molecular weight excluding hydrogens is 752 g/mol. The topological polar surface area (TPSA) is 289 Å². The molecule has 0 saturated carbocycles. The van der Waals surface area contributed by atoms with Gasteiger partial charge in [-0.1, -0.05) is 60.7 Å². The van der Waals surface area contributed by atoms with Crippen molar-refractivity contribution in [3.8, 4) is 0 Å². The Kier molecular flexibility index (Phi) is 12.3. The van der Waals surface area contributed by atoms with Crippen molar-refractivity contribution in [1.29, 1.82) is 0 Å². The predicted molar refractivity (Wildman–Crippen MR) is 202 cm³/mol. The van der Waals surface area contributed by atoms with Gasteiger partial charge in [0, 0.05) is 22.7 Å². The summed E-state index contributed by atoms with van der Waals surface area (Å²) < 4.78 is 71.8. The molecular formula is C32H29KN12O6S2. The number of para-hydroxylation sites is 2. The van der Waals surface area contributed by atoms with Gasteiger partial charge in [0.2, 0.25) is 35.7 Å². The molecule has 0 fully saturated rings. The van der Waals surface area contributed by atoms with Crippen molar-refractivity contribution in [3.05, 3.63) is 108 Å². The second kappa shape index (κ2) is 16.7. The van der Waals surface area contributed by atoms with Gasteiger partial charge in [-0.05, 0) is 59.7 Å². The van der Waals surface area contributed by atoms with Gasteiger partial charge in [0.25, 0.3) is 10.1 Å². The number of hydrogen-bond donors (Lipinski definition) is 7. The predicted octanol–water partition coefficient (Wildman–Crippen LogP) is 3.98. The normalized spacial score (nSPS) is 11.4. The van der Waals surface area contributed by atoms with E-state index in [4.69, 9.17) is 11.5 Å². The average Bonchev–Trinajstić information content (AvgIpc) is 3.07. The van der Waals surface area contributed by atoms with Crippen molar-refractivity contribution in [2.24, 2.45) is 0 Å². The molecule has 6 rings (SSSR count). The molecule has 0 bridgehead atoms. The van der Waals surface area contributed by atoms with Crippen molar-refractivity contribution in [1.82, 2.24) is 29.9 Å². The van der Waals surface area contributed by atoms with Gasteiger partial charge in [0.1, 0.15) is 15.0 Å². The fraction of sp³-hybridized carbons (Fsp3) is 0. The van der Waals surface area contributed by atoms with Crippen molar-refractivity contribution in [3.63, 3.8) is 0 Å². The monoisotopic (exact) mass is 780 g/mol. The van der Waals surface area contributed by atoms with Crippen LogP contribution in [0.2, 0.25) is 0 Å². The molecule has 2 heterocycles. The maximum atomic E-state index is 12.4. The number of benzene rings is 4. The molecule has 6 aromatic rings. The van der Waals surface area contributed by atoms with E-state index in [9.17, 15) is 25.9 Å². The van der Waals surface area contributed by atoms with E-state index in [1.54, 1.807) is 36.4 Å². The molecule has 21 heteroatoms. The Balaban J connectivity index is 0.00000325. The Morgan fingerprint density at radius 3 is 1.28 bits per heavy atom. The van der Waals surface area contributed by atoms with Gasteiger partial charge in [-0.15, -0.1) is 0 Å². The van der Waals surface area contributed by atoms with Crippen molar-refractivity contribution >= 4 is 142 Å². The fourth-order valence-electron chi connectivity index (χ4n) is 4.69. The molecule has 0 atom stereocenters. The van der Waals surface area contributed by atoms with Crippen LogP contribution in [0.4, 0.5) is 58.4 Å². The fourth-order valence-corrected chi connectivity index (χ4v) is 6.09. The van der Waals surface area contributed by atoms with Crippen LogP contribution in [0.3, 0.4) is 0 Å². The van der Waals surface area contributed by atoms with E-state index in [1.165, 1.54) is 36.4 Å². The number of rotatable bonds is 12. The summed E-state index contributed by atoms with van der Waals surface area (Å²) in [5.41, 5.74) is 13.2. The third kappa shape index (κ3) is 10.7. The molecule has 0 unspecified atom stereocenters. The third-order valence-electron chi connectivity index (χ3n) is 6.89. The molecule has 0 aliphatic rings. The minimum absolute atomic E-state index is 0. The molecule has 0 aliphatic carbocycles. The minimum atomic E-state index is -5.06. The van der Waals surface area contributed by atoms with Gasteiger partial charge in [0.05, 0.1) is 4.90 Å². The summed E-state index contributed by atoms with van der Waals surface area (Å²) in [5, 5.41) is 11.6. The molecule has 0 saturated heterocycles. The molecule has 18 nitrogen and oxygen atoms in total. The first-order chi connectivity index (χ1) is 24.8. The van der Waals surface area contributed by atoms with Crippen LogP contribution < -0.4 is 32.7 Å². The number of nitrogens with two attached hydrogens (primary N) is 2. The van der Waals surface area contributed by atoms with E-state index in [0.29, 0.717) is 11.4 Å². The first kappa shape index (κ1) is 39.1. The van der Waals surface area contributed by atoms with E-state index in [1.807, 2.05) is 24.3 Å². The number of aromatic nitrogens is 6.